The van der Waals surface area contributed by atoms with Gasteiger partial charge < -0.3 is 19.7 Å². The summed E-state index contributed by atoms with van der Waals surface area (Å²) in [7, 11) is -4.43. The fourth-order valence-electron chi connectivity index (χ4n) is 4.39. The van der Waals surface area contributed by atoms with Crippen molar-refractivity contribution in [3.63, 3.8) is 0 Å². The second-order valence-corrected chi connectivity index (χ2v) is 12.5. The molecule has 2 saturated carbocycles. The SMILES string of the molecule is C=CC(F)(F)c1cc(-c2ccc(S(=O)(=O)NC3(C(=O)O)CC3(COC(=O)NC3CC3)c3ccccc3)s2)no1. The molecule has 2 aliphatic rings. The zero-order chi connectivity index (χ0) is 28.1. The number of carbonyl (C=O) groups is 2. The minimum absolute atomic E-state index is 0.0175. The van der Waals surface area contributed by atoms with Gasteiger partial charge in [0.15, 0.2) is 0 Å². The van der Waals surface area contributed by atoms with Gasteiger partial charge in [-0.05, 0) is 43.0 Å². The number of hydrogen-bond donors (Lipinski definition) is 3. The Morgan fingerprint density at radius 2 is 1.97 bits per heavy atom. The van der Waals surface area contributed by atoms with Crippen LogP contribution in [0.5, 0.6) is 0 Å². The van der Waals surface area contributed by atoms with Crippen molar-refractivity contribution in [2.24, 2.45) is 0 Å². The molecule has 14 heteroatoms. The highest BCUT2D eigenvalue weighted by Gasteiger charge is 2.75. The Balaban J connectivity index is 1.42. The number of nitrogens with zero attached hydrogens (tertiary/aromatic N) is 1. The van der Waals surface area contributed by atoms with Crippen LogP contribution in [0.2, 0.25) is 0 Å². The number of carboxylic acids is 1. The third kappa shape index (κ3) is 4.94. The van der Waals surface area contributed by atoms with E-state index in [2.05, 4.69) is 26.3 Å². The quantitative estimate of drug-likeness (QED) is 0.289. The van der Waals surface area contributed by atoms with Gasteiger partial charge in [-0.25, -0.2) is 13.2 Å². The van der Waals surface area contributed by atoms with Gasteiger partial charge in [-0.1, -0.05) is 42.1 Å². The molecule has 0 spiro atoms. The highest BCUT2D eigenvalue weighted by molar-refractivity contribution is 7.91. The van der Waals surface area contributed by atoms with Gasteiger partial charge in [0.25, 0.3) is 10.0 Å². The van der Waals surface area contributed by atoms with Crippen LogP contribution in [0.15, 0.2) is 69.9 Å². The molecule has 0 aliphatic heterocycles. The molecule has 0 saturated heterocycles. The summed E-state index contributed by atoms with van der Waals surface area (Å²) >= 11 is 0.701. The summed E-state index contributed by atoms with van der Waals surface area (Å²) in [4.78, 5) is 25.0. The third-order valence-corrected chi connectivity index (χ3v) is 9.90. The molecule has 2 fully saturated rings. The van der Waals surface area contributed by atoms with Gasteiger partial charge in [0.2, 0.25) is 5.76 Å². The summed E-state index contributed by atoms with van der Waals surface area (Å²) in [5.74, 6) is -5.66. The van der Waals surface area contributed by atoms with Crippen molar-refractivity contribution in [2.75, 3.05) is 6.61 Å². The smallest absolute Gasteiger partial charge is 0.407 e. The van der Waals surface area contributed by atoms with Crippen LogP contribution >= 0.6 is 11.3 Å². The number of amides is 1. The number of ether oxygens (including phenoxy) is 1. The minimum atomic E-state index is -4.43. The number of aromatic nitrogens is 1. The molecule has 3 N–H and O–H groups in total. The summed E-state index contributed by atoms with van der Waals surface area (Å²) < 4.78 is 66.6. The zero-order valence-electron chi connectivity index (χ0n) is 20.2. The molecular formula is C25H23F2N3O7S2. The molecule has 10 nitrogen and oxygen atoms in total. The topological polar surface area (TPSA) is 148 Å². The lowest BCUT2D eigenvalue weighted by Gasteiger charge is -2.24. The Morgan fingerprint density at radius 3 is 2.62 bits per heavy atom. The van der Waals surface area contributed by atoms with E-state index in [1.54, 1.807) is 30.3 Å². The fourth-order valence-corrected chi connectivity index (χ4v) is 7.07. The number of carbonyl (C=O) groups excluding carboxylic acids is 1. The maximum absolute atomic E-state index is 13.8. The molecule has 2 aromatic heterocycles. The number of alkyl carbamates (subject to hydrolysis) is 1. The van der Waals surface area contributed by atoms with Crippen LogP contribution in [0.25, 0.3) is 10.6 Å². The lowest BCUT2D eigenvalue weighted by Crippen LogP contribution is -2.50. The van der Waals surface area contributed by atoms with Crippen molar-refractivity contribution in [3.05, 3.63) is 72.5 Å². The van der Waals surface area contributed by atoms with Crippen LogP contribution < -0.4 is 10.0 Å². The number of aliphatic carboxylic acids is 1. The van der Waals surface area contributed by atoms with E-state index in [-0.39, 0.29) is 33.8 Å². The zero-order valence-corrected chi connectivity index (χ0v) is 21.9. The molecule has 0 radical (unpaired) electrons. The van der Waals surface area contributed by atoms with E-state index in [9.17, 15) is 31.9 Å². The Morgan fingerprint density at radius 1 is 1.26 bits per heavy atom. The molecule has 0 bridgehead atoms. The number of sulfonamides is 1. The van der Waals surface area contributed by atoms with Gasteiger partial charge in [-0.2, -0.15) is 13.5 Å². The molecule has 2 atom stereocenters. The maximum atomic E-state index is 13.8. The number of halogens is 2. The normalized spacial score (nSPS) is 22.7. The molecule has 1 aromatic carbocycles. The predicted octanol–water partition coefficient (Wildman–Crippen LogP) is 4.01. The van der Waals surface area contributed by atoms with Crippen molar-refractivity contribution in [1.29, 1.82) is 0 Å². The van der Waals surface area contributed by atoms with Gasteiger partial charge >= 0.3 is 18.0 Å². The Bertz CT molecular complexity index is 1540. The van der Waals surface area contributed by atoms with Gasteiger partial charge in [0.05, 0.1) is 10.3 Å². The lowest BCUT2D eigenvalue weighted by molar-refractivity contribution is -0.141. The van der Waals surface area contributed by atoms with Crippen LogP contribution in [0.4, 0.5) is 13.6 Å². The van der Waals surface area contributed by atoms with Crippen molar-refractivity contribution in [2.45, 2.75) is 46.4 Å². The van der Waals surface area contributed by atoms with Crippen molar-refractivity contribution in [3.8, 4) is 10.6 Å². The minimum Gasteiger partial charge on any atom is -0.480 e. The van der Waals surface area contributed by atoms with Crippen LogP contribution in [0.3, 0.4) is 0 Å². The molecule has 2 aliphatic carbocycles. The first-order chi connectivity index (χ1) is 18.4. The van der Waals surface area contributed by atoms with E-state index in [4.69, 9.17) is 4.74 Å². The number of thiophene rings is 1. The van der Waals surface area contributed by atoms with E-state index in [1.165, 1.54) is 12.1 Å². The molecule has 1 amide bonds. The second-order valence-electron chi connectivity index (χ2n) is 9.46. The van der Waals surface area contributed by atoms with Crippen LogP contribution in [-0.4, -0.2) is 48.9 Å². The molecule has 2 unspecified atom stereocenters. The Labute approximate surface area is 225 Å². The first-order valence-electron chi connectivity index (χ1n) is 11.8. The summed E-state index contributed by atoms with van der Waals surface area (Å²) in [6.45, 7) is 2.68. The number of benzene rings is 1. The van der Waals surface area contributed by atoms with Crippen molar-refractivity contribution >= 4 is 33.4 Å². The Hall–Kier alpha value is -3.62. The van der Waals surface area contributed by atoms with E-state index in [1.807, 2.05) is 0 Å². The standard InChI is InChI=1S/C25H23F2N3O7S2/c1-2-25(26,27)19-12-17(29-37-19)18-10-11-20(38-18)39(34,35)30-24(21(31)32)13-23(24,15-6-4-3-5-7-15)14-36-22(33)28-16-8-9-16/h2-7,10-12,16,30H,1,8-9,13-14H2,(H,28,33)(H,31,32). The largest absolute Gasteiger partial charge is 0.480 e. The van der Waals surface area contributed by atoms with Gasteiger partial charge in [-0.15, -0.1) is 11.3 Å². The monoisotopic (exact) mass is 579 g/mol. The van der Waals surface area contributed by atoms with Crippen LogP contribution in [0.1, 0.15) is 30.6 Å². The van der Waals surface area contributed by atoms with E-state index < -0.39 is 44.7 Å². The van der Waals surface area contributed by atoms with Crippen LogP contribution in [-0.2, 0) is 30.9 Å². The number of nitrogens with one attached hydrogen (secondary N) is 2. The fraction of sp³-hybridized carbons (Fsp3) is 0.320. The number of allylic oxidation sites excluding steroid dienone is 1. The van der Waals surface area contributed by atoms with E-state index in [0.717, 1.165) is 18.9 Å². The van der Waals surface area contributed by atoms with Gasteiger partial charge in [0.1, 0.15) is 22.0 Å². The molecule has 2 heterocycles. The highest BCUT2D eigenvalue weighted by atomic mass is 32.2. The second kappa shape index (κ2) is 9.54. The summed E-state index contributed by atoms with van der Waals surface area (Å²) in [5, 5.41) is 16.5. The van der Waals surface area contributed by atoms with Crippen LogP contribution in [0, 0.1) is 0 Å². The third-order valence-electron chi connectivity index (χ3n) is 6.80. The molecular weight excluding hydrogens is 556 g/mol. The predicted molar refractivity (Wildman–Crippen MR) is 135 cm³/mol. The Kier molecular flexibility index (Phi) is 6.59. The van der Waals surface area contributed by atoms with Crippen molar-refractivity contribution in [1.82, 2.24) is 15.2 Å². The number of alkyl halides is 2. The average Bonchev–Trinajstić information content (AvgIpc) is 3.66. The van der Waals surface area contributed by atoms with Crippen molar-refractivity contribution < 1.29 is 41.2 Å². The summed E-state index contributed by atoms with van der Waals surface area (Å²) in [5.41, 5.74) is -2.92. The molecule has 3 aromatic rings. The maximum Gasteiger partial charge on any atom is 0.407 e. The lowest BCUT2D eigenvalue weighted by atomic mass is 9.91. The highest BCUT2D eigenvalue weighted by Crippen LogP contribution is 2.59. The average molecular weight is 580 g/mol. The number of hydrogen-bond acceptors (Lipinski definition) is 8. The van der Waals surface area contributed by atoms with Gasteiger partial charge in [0, 0.05) is 12.1 Å². The molecule has 39 heavy (non-hydrogen) atoms. The first-order valence-corrected chi connectivity index (χ1v) is 14.1. The molecule has 206 valence electrons. The van der Waals surface area contributed by atoms with E-state index in [0.29, 0.717) is 23.0 Å². The molecule has 5 rings (SSSR count). The number of carboxylic acid groups (broad SMARTS) is 1. The summed E-state index contributed by atoms with van der Waals surface area (Å²) in [6, 6.07) is 11.9. The number of rotatable bonds is 11. The first kappa shape index (κ1) is 27.0. The van der Waals surface area contributed by atoms with E-state index >= 15 is 0 Å². The summed E-state index contributed by atoms with van der Waals surface area (Å²) in [6.07, 6.45) is 1.17. The van der Waals surface area contributed by atoms with Gasteiger partial charge in [-0.3, -0.25) is 4.79 Å².